The Balaban J connectivity index is 3.03. The van der Waals surface area contributed by atoms with Crippen LogP contribution in [-0.4, -0.2) is 67.5 Å². The molecule has 8 heteroatoms. The van der Waals surface area contributed by atoms with E-state index in [1.165, 1.54) is 0 Å². The minimum absolute atomic E-state index is 0.0513. The van der Waals surface area contributed by atoms with E-state index in [2.05, 4.69) is 0 Å². The molecular weight excluding hydrogens is 320 g/mol. The maximum absolute atomic E-state index is 10.7. The van der Waals surface area contributed by atoms with E-state index in [1.54, 1.807) is 7.11 Å². The first-order chi connectivity index (χ1) is 10.1. The molecule has 6 nitrogen and oxygen atoms in total. The summed E-state index contributed by atoms with van der Waals surface area (Å²) < 4.78 is 42.2. The van der Waals surface area contributed by atoms with Crippen LogP contribution in [0.2, 0.25) is 0 Å². The Bertz CT molecular complexity index is 310. The van der Waals surface area contributed by atoms with Gasteiger partial charge in [0, 0.05) is 24.4 Å². The lowest BCUT2D eigenvalue weighted by molar-refractivity contribution is 0.00324. The van der Waals surface area contributed by atoms with Crippen molar-refractivity contribution in [2.45, 2.75) is 25.7 Å². The molecule has 0 radical (unpaired) electrons. The molecule has 0 aromatic rings. The van der Waals surface area contributed by atoms with Crippen LogP contribution in [0.25, 0.3) is 0 Å². The Hall–Kier alpha value is 0.0800. The van der Waals surface area contributed by atoms with E-state index < -0.39 is 9.05 Å². The summed E-state index contributed by atoms with van der Waals surface area (Å²) in [4.78, 5) is 0. The van der Waals surface area contributed by atoms with E-state index in [9.17, 15) is 8.42 Å². The van der Waals surface area contributed by atoms with Gasteiger partial charge in [0.2, 0.25) is 9.05 Å². The average molecular weight is 347 g/mol. The molecule has 21 heavy (non-hydrogen) atoms. The van der Waals surface area contributed by atoms with Crippen LogP contribution in [0.3, 0.4) is 0 Å². The highest BCUT2D eigenvalue weighted by molar-refractivity contribution is 8.13. The summed E-state index contributed by atoms with van der Waals surface area (Å²) in [6.07, 6.45) is 3.33. The molecule has 0 bridgehead atoms. The predicted molar refractivity (Wildman–Crippen MR) is 82.4 cm³/mol. The molecule has 0 aromatic carbocycles. The molecule has 0 rings (SSSR count). The number of hydrogen-bond acceptors (Lipinski definition) is 6. The number of rotatable bonds is 16. The Kier molecular flexibility index (Phi) is 15.1. The van der Waals surface area contributed by atoms with Crippen molar-refractivity contribution in [2.24, 2.45) is 0 Å². The van der Waals surface area contributed by atoms with Crippen molar-refractivity contribution in [3.63, 3.8) is 0 Å². The molecule has 128 valence electrons. The van der Waals surface area contributed by atoms with Crippen LogP contribution in [0.4, 0.5) is 0 Å². The molecule has 0 saturated heterocycles. The lowest BCUT2D eigenvalue weighted by Gasteiger charge is -2.06. The molecule has 0 aliphatic rings. The summed E-state index contributed by atoms with van der Waals surface area (Å²) in [6, 6.07) is 0. The molecule has 0 spiro atoms. The first-order valence-corrected chi connectivity index (χ1v) is 9.68. The van der Waals surface area contributed by atoms with Crippen LogP contribution in [0.5, 0.6) is 0 Å². The van der Waals surface area contributed by atoms with Crippen LogP contribution in [0, 0.1) is 0 Å². The lowest BCUT2D eigenvalue weighted by atomic mass is 10.2. The van der Waals surface area contributed by atoms with Gasteiger partial charge in [0.1, 0.15) is 0 Å². The third-order valence-corrected chi connectivity index (χ3v) is 3.84. The van der Waals surface area contributed by atoms with E-state index in [4.69, 9.17) is 29.6 Å². The second-order valence-corrected chi connectivity index (χ2v) is 7.38. The van der Waals surface area contributed by atoms with Crippen LogP contribution in [0.15, 0.2) is 0 Å². The van der Waals surface area contributed by atoms with Crippen LogP contribution in [-0.2, 0) is 28.0 Å². The van der Waals surface area contributed by atoms with Gasteiger partial charge in [0.05, 0.1) is 45.4 Å². The maximum Gasteiger partial charge on any atom is 0.232 e. The number of methoxy groups -OCH3 is 1. The quantitative estimate of drug-likeness (QED) is 0.313. The smallest absolute Gasteiger partial charge is 0.232 e. The number of hydrogen-bond donors (Lipinski definition) is 0. The van der Waals surface area contributed by atoms with Crippen LogP contribution >= 0.6 is 10.7 Å². The molecule has 0 aromatic heterocycles. The third kappa shape index (κ3) is 20.1. The monoisotopic (exact) mass is 346 g/mol. The fourth-order valence-corrected chi connectivity index (χ4v) is 2.39. The molecule has 0 heterocycles. The zero-order valence-corrected chi connectivity index (χ0v) is 14.3. The summed E-state index contributed by atoms with van der Waals surface area (Å²) in [6.45, 7) is 4.09. The second-order valence-electron chi connectivity index (χ2n) is 4.49. The zero-order valence-electron chi connectivity index (χ0n) is 12.7. The van der Waals surface area contributed by atoms with E-state index >= 15 is 0 Å². The highest BCUT2D eigenvalue weighted by Gasteiger charge is 2.03. The van der Waals surface area contributed by atoms with Gasteiger partial charge in [-0.3, -0.25) is 0 Å². The van der Waals surface area contributed by atoms with Crippen molar-refractivity contribution in [3.05, 3.63) is 0 Å². The van der Waals surface area contributed by atoms with Gasteiger partial charge in [-0.1, -0.05) is 12.8 Å². The Morgan fingerprint density at radius 3 is 1.71 bits per heavy atom. The normalized spacial score (nSPS) is 11.9. The Morgan fingerprint density at radius 2 is 1.19 bits per heavy atom. The molecule has 0 fully saturated rings. The summed E-state index contributed by atoms with van der Waals surface area (Å²) in [7, 11) is 3.41. The molecule has 0 aliphatic heterocycles. The Labute approximate surface area is 132 Å². The van der Waals surface area contributed by atoms with Gasteiger partial charge in [0.25, 0.3) is 0 Å². The zero-order chi connectivity index (χ0) is 15.8. The third-order valence-electron chi connectivity index (χ3n) is 2.60. The molecule has 0 saturated carbocycles. The van der Waals surface area contributed by atoms with Crippen molar-refractivity contribution < 1.29 is 27.4 Å². The topological polar surface area (TPSA) is 71.1 Å². The van der Waals surface area contributed by atoms with Crippen molar-refractivity contribution in [3.8, 4) is 0 Å². The molecule has 0 N–H and O–H groups in total. The standard InChI is InChI=1S/C13H27ClO6S/c1-17-7-8-19-11-12-20-10-9-18-6-4-2-3-5-13-21(14,15)16/h2-13H2,1H3. The van der Waals surface area contributed by atoms with E-state index in [0.717, 1.165) is 19.3 Å². The minimum atomic E-state index is -3.33. The number of unbranched alkanes of at least 4 members (excludes halogenated alkanes) is 3. The number of halogens is 1. The second kappa shape index (κ2) is 15.0. The van der Waals surface area contributed by atoms with Gasteiger partial charge in [-0.2, -0.15) is 0 Å². The predicted octanol–water partition coefficient (Wildman–Crippen LogP) is 1.81. The van der Waals surface area contributed by atoms with Crippen molar-refractivity contribution in [1.82, 2.24) is 0 Å². The summed E-state index contributed by atoms with van der Waals surface area (Å²) >= 11 is 0. The van der Waals surface area contributed by atoms with Gasteiger partial charge in [0.15, 0.2) is 0 Å². The first-order valence-electron chi connectivity index (χ1n) is 7.21. The number of ether oxygens (including phenoxy) is 4. The first kappa shape index (κ1) is 21.1. The van der Waals surface area contributed by atoms with Gasteiger partial charge in [-0.05, 0) is 12.8 Å². The van der Waals surface area contributed by atoms with Gasteiger partial charge < -0.3 is 18.9 Å². The average Bonchev–Trinajstić information content (AvgIpc) is 2.42. The van der Waals surface area contributed by atoms with Crippen molar-refractivity contribution in [1.29, 1.82) is 0 Å². The fraction of sp³-hybridized carbons (Fsp3) is 1.00. The summed E-state index contributed by atoms with van der Waals surface area (Å²) in [5, 5.41) is 0. The van der Waals surface area contributed by atoms with E-state index in [0.29, 0.717) is 52.7 Å². The summed E-state index contributed by atoms with van der Waals surface area (Å²) in [5.74, 6) is 0.0513. The highest BCUT2D eigenvalue weighted by atomic mass is 35.7. The minimum Gasteiger partial charge on any atom is -0.382 e. The van der Waals surface area contributed by atoms with Gasteiger partial charge >= 0.3 is 0 Å². The maximum atomic E-state index is 10.7. The van der Waals surface area contributed by atoms with Crippen LogP contribution in [0.1, 0.15) is 25.7 Å². The molecule has 0 amide bonds. The highest BCUT2D eigenvalue weighted by Crippen LogP contribution is 2.05. The van der Waals surface area contributed by atoms with Gasteiger partial charge in [-0.25, -0.2) is 8.42 Å². The Morgan fingerprint density at radius 1 is 0.714 bits per heavy atom. The van der Waals surface area contributed by atoms with Crippen LogP contribution < -0.4 is 0 Å². The molecule has 0 unspecified atom stereocenters. The van der Waals surface area contributed by atoms with E-state index in [-0.39, 0.29) is 5.75 Å². The SMILES string of the molecule is COCCOCCOCCOCCCCCCS(=O)(=O)Cl. The van der Waals surface area contributed by atoms with Gasteiger partial charge in [-0.15, -0.1) is 0 Å². The van der Waals surface area contributed by atoms with Crippen molar-refractivity contribution in [2.75, 3.05) is 59.1 Å². The largest absolute Gasteiger partial charge is 0.382 e. The fourth-order valence-electron chi connectivity index (χ4n) is 1.52. The lowest BCUT2D eigenvalue weighted by Crippen LogP contribution is -2.11. The molecule has 0 atom stereocenters. The molecular formula is C13H27ClO6S. The van der Waals surface area contributed by atoms with E-state index in [1.807, 2.05) is 0 Å². The summed E-state index contributed by atoms with van der Waals surface area (Å²) in [5.41, 5.74) is 0. The van der Waals surface area contributed by atoms with Crippen molar-refractivity contribution >= 4 is 19.7 Å². The molecule has 0 aliphatic carbocycles.